The molecule has 2 aromatic heterocycles. The van der Waals surface area contributed by atoms with Crippen LogP contribution in [0.5, 0.6) is 0 Å². The second-order valence-electron chi connectivity index (χ2n) is 7.53. The van der Waals surface area contributed by atoms with Gasteiger partial charge < -0.3 is 20.7 Å². The number of hydrogen-bond donors (Lipinski definition) is 2. The number of aromatic nitrogens is 2. The molecule has 3 rings (SSSR count). The van der Waals surface area contributed by atoms with Crippen molar-refractivity contribution >= 4 is 34.4 Å². The predicted molar refractivity (Wildman–Crippen MR) is 102 cm³/mol. The molecule has 3 heterocycles. The van der Waals surface area contributed by atoms with Crippen molar-refractivity contribution in [2.75, 3.05) is 18.4 Å². The Morgan fingerprint density at radius 3 is 2.88 bits per heavy atom. The molecule has 1 saturated heterocycles. The molecule has 0 saturated carbocycles. The molecule has 2 unspecified atom stereocenters. The number of anilines is 1. The molecule has 0 aliphatic carbocycles. The van der Waals surface area contributed by atoms with Crippen LogP contribution in [0.4, 0.5) is 10.6 Å². The van der Waals surface area contributed by atoms with Crippen LogP contribution >= 0.6 is 11.6 Å². The molecule has 1 fully saturated rings. The number of nitrogens with two attached hydrogens (primary N) is 1. The van der Waals surface area contributed by atoms with E-state index < -0.39 is 5.60 Å². The molecule has 8 heteroatoms. The first kappa shape index (κ1) is 18.7. The Balaban J connectivity index is 1.64. The monoisotopic (exact) mass is 377 g/mol. The molecule has 1 amide bonds. The van der Waals surface area contributed by atoms with Gasteiger partial charge in [0.2, 0.25) is 0 Å². The molecule has 3 N–H and O–H groups in total. The predicted octanol–water partition coefficient (Wildman–Crippen LogP) is 3.03. The van der Waals surface area contributed by atoms with Crippen LogP contribution in [0, 0.1) is 0 Å². The van der Waals surface area contributed by atoms with E-state index in [-0.39, 0.29) is 18.2 Å². The first-order valence-electron chi connectivity index (χ1n) is 8.63. The van der Waals surface area contributed by atoms with Crippen molar-refractivity contribution in [1.82, 2.24) is 14.9 Å². The lowest BCUT2D eigenvalue weighted by molar-refractivity contribution is 0.0193. The topological polar surface area (TPSA) is 93.4 Å². The Bertz CT molecular complexity index is 808. The second-order valence-corrected chi connectivity index (χ2v) is 7.91. The molecule has 7 nitrogen and oxygen atoms in total. The van der Waals surface area contributed by atoms with Gasteiger partial charge in [0.1, 0.15) is 16.6 Å². The van der Waals surface area contributed by atoms with Gasteiger partial charge >= 0.3 is 6.09 Å². The number of carbonyl (C=O) groups is 1. The fourth-order valence-electron chi connectivity index (χ4n) is 2.92. The van der Waals surface area contributed by atoms with Gasteiger partial charge in [-0.05, 0) is 39.3 Å². The highest BCUT2D eigenvalue weighted by Crippen LogP contribution is 2.21. The van der Waals surface area contributed by atoms with E-state index in [1.54, 1.807) is 17.2 Å². The van der Waals surface area contributed by atoms with Crippen molar-refractivity contribution in [2.45, 2.75) is 44.9 Å². The Hall–Kier alpha value is -2.12. The van der Waals surface area contributed by atoms with Crippen molar-refractivity contribution in [3.05, 3.63) is 29.5 Å². The third-order valence-corrected chi connectivity index (χ3v) is 4.39. The maximum absolute atomic E-state index is 12.2. The van der Waals surface area contributed by atoms with Crippen LogP contribution in [0.15, 0.2) is 24.4 Å². The van der Waals surface area contributed by atoms with Crippen LogP contribution in [0.3, 0.4) is 0 Å². The summed E-state index contributed by atoms with van der Waals surface area (Å²) in [5.41, 5.74) is 6.55. The first-order chi connectivity index (χ1) is 12.2. The minimum Gasteiger partial charge on any atom is -0.444 e. The number of halogens is 1. The summed E-state index contributed by atoms with van der Waals surface area (Å²) in [4.78, 5) is 22.5. The molecule has 2 atom stereocenters. The number of carbonyl (C=O) groups excluding carboxylic acids is 1. The summed E-state index contributed by atoms with van der Waals surface area (Å²) in [5, 5.41) is 4.70. The zero-order valence-corrected chi connectivity index (χ0v) is 16.0. The number of nitrogens with zero attached hydrogens (tertiary/aromatic N) is 3. The summed E-state index contributed by atoms with van der Waals surface area (Å²) >= 11 is 5.94. The van der Waals surface area contributed by atoms with Gasteiger partial charge in [0.15, 0.2) is 0 Å². The van der Waals surface area contributed by atoms with Crippen molar-refractivity contribution < 1.29 is 9.53 Å². The van der Waals surface area contributed by atoms with Crippen molar-refractivity contribution in [1.29, 1.82) is 0 Å². The highest BCUT2D eigenvalue weighted by atomic mass is 35.5. The van der Waals surface area contributed by atoms with Gasteiger partial charge in [-0.15, -0.1) is 0 Å². The first-order valence-corrected chi connectivity index (χ1v) is 9.01. The normalized spacial score (nSPS) is 20.9. The number of rotatable bonds is 2. The maximum Gasteiger partial charge on any atom is 0.410 e. The van der Waals surface area contributed by atoms with Gasteiger partial charge in [-0.25, -0.2) is 14.8 Å². The number of fused-ring (bicyclic) bond motifs is 1. The Kier molecular flexibility index (Phi) is 5.20. The Morgan fingerprint density at radius 1 is 1.42 bits per heavy atom. The summed E-state index contributed by atoms with van der Waals surface area (Å²) < 4.78 is 5.42. The zero-order chi connectivity index (χ0) is 18.9. The van der Waals surface area contributed by atoms with E-state index >= 15 is 0 Å². The van der Waals surface area contributed by atoms with Crippen molar-refractivity contribution in [3.8, 4) is 0 Å². The average Bonchev–Trinajstić information content (AvgIpc) is 2.54. The molecule has 1 aliphatic rings. The molecular formula is C18H24ClN5O2. The van der Waals surface area contributed by atoms with Gasteiger partial charge in [-0.1, -0.05) is 11.6 Å². The Morgan fingerprint density at radius 2 is 2.19 bits per heavy atom. The fourth-order valence-corrected chi connectivity index (χ4v) is 3.07. The van der Waals surface area contributed by atoms with Crippen LogP contribution in [-0.2, 0) is 4.74 Å². The highest BCUT2D eigenvalue weighted by molar-refractivity contribution is 6.29. The van der Waals surface area contributed by atoms with E-state index in [4.69, 9.17) is 22.1 Å². The third-order valence-electron chi connectivity index (χ3n) is 4.18. The number of pyridine rings is 2. The van der Waals surface area contributed by atoms with Gasteiger partial charge in [0, 0.05) is 42.8 Å². The number of nitrogens with one attached hydrogen (secondary N) is 1. The number of amides is 1. The largest absolute Gasteiger partial charge is 0.444 e. The van der Waals surface area contributed by atoms with E-state index in [9.17, 15) is 4.79 Å². The SMILES string of the molecule is CC(C)(C)OC(=O)N1CCC(Nc2ccc3cnc(Cl)cc3n2)C(N)C1. The molecule has 0 aromatic carbocycles. The molecule has 26 heavy (non-hydrogen) atoms. The third kappa shape index (κ3) is 4.53. The van der Waals surface area contributed by atoms with Gasteiger partial charge in [0.25, 0.3) is 0 Å². The lowest BCUT2D eigenvalue weighted by atomic mass is 10.0. The lowest BCUT2D eigenvalue weighted by Gasteiger charge is -2.37. The number of ether oxygens (including phenoxy) is 1. The minimum atomic E-state index is -0.512. The summed E-state index contributed by atoms with van der Waals surface area (Å²) in [5.74, 6) is 0.728. The fraction of sp³-hybridized carbons (Fsp3) is 0.500. The molecule has 0 spiro atoms. The molecule has 0 radical (unpaired) electrons. The summed E-state index contributed by atoms with van der Waals surface area (Å²) in [6.07, 6.45) is 2.09. The molecular weight excluding hydrogens is 354 g/mol. The summed E-state index contributed by atoms with van der Waals surface area (Å²) in [7, 11) is 0. The minimum absolute atomic E-state index is 0.0240. The van der Waals surface area contributed by atoms with Gasteiger partial charge in [-0.3, -0.25) is 0 Å². The van der Waals surface area contributed by atoms with Crippen LogP contribution in [-0.4, -0.2) is 51.7 Å². The molecule has 0 bridgehead atoms. The number of hydrogen-bond acceptors (Lipinski definition) is 6. The van der Waals surface area contributed by atoms with Crippen LogP contribution in [0.2, 0.25) is 5.15 Å². The van der Waals surface area contributed by atoms with Gasteiger partial charge in [0.05, 0.1) is 5.52 Å². The van der Waals surface area contributed by atoms with Gasteiger partial charge in [-0.2, -0.15) is 0 Å². The average molecular weight is 378 g/mol. The highest BCUT2D eigenvalue weighted by Gasteiger charge is 2.31. The van der Waals surface area contributed by atoms with E-state index in [0.717, 1.165) is 23.1 Å². The Labute approximate surface area is 157 Å². The summed E-state index contributed by atoms with van der Waals surface area (Å²) in [6.45, 7) is 6.59. The number of likely N-dealkylation sites (tertiary alicyclic amines) is 1. The molecule has 140 valence electrons. The van der Waals surface area contributed by atoms with E-state index in [2.05, 4.69) is 15.3 Å². The van der Waals surface area contributed by atoms with E-state index in [1.807, 2.05) is 32.9 Å². The van der Waals surface area contributed by atoms with E-state index in [1.165, 1.54) is 0 Å². The molecule has 1 aliphatic heterocycles. The number of piperidine rings is 1. The quantitative estimate of drug-likeness (QED) is 0.781. The van der Waals surface area contributed by atoms with Crippen LogP contribution < -0.4 is 11.1 Å². The van der Waals surface area contributed by atoms with Crippen molar-refractivity contribution in [3.63, 3.8) is 0 Å². The maximum atomic E-state index is 12.2. The smallest absolute Gasteiger partial charge is 0.410 e. The summed E-state index contributed by atoms with van der Waals surface area (Å²) in [6, 6.07) is 5.37. The van der Waals surface area contributed by atoms with Crippen LogP contribution in [0.1, 0.15) is 27.2 Å². The lowest BCUT2D eigenvalue weighted by Crippen LogP contribution is -2.56. The van der Waals surface area contributed by atoms with Crippen molar-refractivity contribution in [2.24, 2.45) is 5.73 Å². The van der Waals surface area contributed by atoms with Crippen LogP contribution in [0.25, 0.3) is 10.9 Å². The standard InChI is InChI=1S/C18H24ClN5O2/c1-18(2,3)26-17(25)24-7-6-13(12(20)10-24)22-16-5-4-11-9-21-15(19)8-14(11)23-16/h4-5,8-9,12-13H,6-7,10,20H2,1-3H3,(H,22,23). The molecule has 2 aromatic rings. The zero-order valence-electron chi connectivity index (χ0n) is 15.2. The second kappa shape index (κ2) is 7.25. The van der Waals surface area contributed by atoms with E-state index in [0.29, 0.717) is 18.2 Å².